The van der Waals surface area contributed by atoms with Crippen LogP contribution in [0.2, 0.25) is 0 Å². The second-order valence-corrected chi connectivity index (χ2v) is 5.26. The number of hydrogen-bond donors (Lipinski definition) is 2. The molecule has 0 saturated carbocycles. The maximum Gasteiger partial charge on any atom is 0.307 e. The number of phenols is 1. The highest BCUT2D eigenvalue weighted by Crippen LogP contribution is 2.33. The van der Waals surface area contributed by atoms with Crippen molar-refractivity contribution in [3.05, 3.63) is 48.0 Å². The number of phenolic OH excluding ortho intramolecular Hbond substituents is 1. The van der Waals surface area contributed by atoms with E-state index in [1.54, 1.807) is 43.5 Å². The van der Waals surface area contributed by atoms with Crippen LogP contribution in [0, 0.1) is 0 Å². The van der Waals surface area contributed by atoms with Crippen molar-refractivity contribution in [2.24, 2.45) is 0 Å². The van der Waals surface area contributed by atoms with Gasteiger partial charge in [0, 0.05) is 9.79 Å². The van der Waals surface area contributed by atoms with E-state index in [9.17, 15) is 9.90 Å². The highest BCUT2D eigenvalue weighted by atomic mass is 32.2. The summed E-state index contributed by atoms with van der Waals surface area (Å²) in [6.07, 6.45) is -0.0579. The number of hydrogen-bond acceptors (Lipinski definition) is 4. The van der Waals surface area contributed by atoms with E-state index in [1.165, 1.54) is 11.8 Å². The monoisotopic (exact) mass is 290 g/mol. The molecule has 5 heteroatoms. The molecule has 0 aromatic heterocycles. The van der Waals surface area contributed by atoms with Crippen LogP contribution >= 0.6 is 11.8 Å². The summed E-state index contributed by atoms with van der Waals surface area (Å²) < 4.78 is 5.12. The molecule has 2 aromatic carbocycles. The Morgan fingerprint density at radius 2 is 1.90 bits per heavy atom. The zero-order valence-electron chi connectivity index (χ0n) is 10.9. The fourth-order valence-electron chi connectivity index (χ4n) is 1.72. The van der Waals surface area contributed by atoms with E-state index in [4.69, 9.17) is 9.84 Å². The second kappa shape index (κ2) is 6.34. The molecule has 2 N–H and O–H groups in total. The fraction of sp³-hybridized carbons (Fsp3) is 0.133. The molecule has 0 amide bonds. The summed E-state index contributed by atoms with van der Waals surface area (Å²) in [6, 6.07) is 12.1. The molecule has 4 nitrogen and oxygen atoms in total. The van der Waals surface area contributed by atoms with Crippen LogP contribution in [0.25, 0.3) is 0 Å². The highest BCUT2D eigenvalue weighted by Gasteiger charge is 2.10. The summed E-state index contributed by atoms with van der Waals surface area (Å²) in [4.78, 5) is 12.7. The average Bonchev–Trinajstić information content (AvgIpc) is 2.42. The molecule has 0 bridgehead atoms. The van der Waals surface area contributed by atoms with Gasteiger partial charge in [0.2, 0.25) is 0 Å². The Bertz CT molecular complexity index is 608. The van der Waals surface area contributed by atoms with Crippen LogP contribution in [0.15, 0.2) is 52.3 Å². The third-order valence-electron chi connectivity index (χ3n) is 2.67. The topological polar surface area (TPSA) is 66.8 Å². The first-order chi connectivity index (χ1) is 9.58. The number of benzene rings is 2. The van der Waals surface area contributed by atoms with Gasteiger partial charge in [-0.1, -0.05) is 11.8 Å². The number of aromatic hydroxyl groups is 1. The zero-order valence-corrected chi connectivity index (χ0v) is 11.7. The smallest absolute Gasteiger partial charge is 0.307 e. The molecular formula is C15H14O4S. The second-order valence-electron chi connectivity index (χ2n) is 4.14. The van der Waals surface area contributed by atoms with E-state index < -0.39 is 5.97 Å². The van der Waals surface area contributed by atoms with Gasteiger partial charge in [0.25, 0.3) is 0 Å². The van der Waals surface area contributed by atoms with Gasteiger partial charge in [0.15, 0.2) is 0 Å². The van der Waals surface area contributed by atoms with Gasteiger partial charge in [-0.05, 0) is 48.0 Å². The predicted molar refractivity (Wildman–Crippen MR) is 76.6 cm³/mol. The van der Waals surface area contributed by atoms with Gasteiger partial charge >= 0.3 is 5.97 Å². The molecule has 0 spiro atoms. The fourth-order valence-corrected chi connectivity index (χ4v) is 2.65. The van der Waals surface area contributed by atoms with E-state index in [0.717, 1.165) is 9.79 Å². The van der Waals surface area contributed by atoms with E-state index >= 15 is 0 Å². The molecule has 104 valence electrons. The first-order valence-corrected chi connectivity index (χ1v) is 6.75. The molecule has 20 heavy (non-hydrogen) atoms. The lowest BCUT2D eigenvalue weighted by Gasteiger charge is -2.10. The first kappa shape index (κ1) is 14.3. The Hall–Kier alpha value is -2.14. The van der Waals surface area contributed by atoms with Crippen molar-refractivity contribution in [2.45, 2.75) is 16.2 Å². The molecule has 0 unspecified atom stereocenters. The Kier molecular flexibility index (Phi) is 4.53. The van der Waals surface area contributed by atoms with Gasteiger partial charge < -0.3 is 14.9 Å². The maximum absolute atomic E-state index is 10.9. The molecule has 0 aliphatic rings. The van der Waals surface area contributed by atoms with Crippen molar-refractivity contribution in [1.82, 2.24) is 0 Å². The molecule has 0 heterocycles. The first-order valence-electron chi connectivity index (χ1n) is 5.94. The quantitative estimate of drug-likeness (QED) is 0.885. The van der Waals surface area contributed by atoms with Gasteiger partial charge in [-0.3, -0.25) is 4.79 Å². The van der Waals surface area contributed by atoms with Crippen LogP contribution in [-0.2, 0) is 11.2 Å². The summed E-state index contributed by atoms with van der Waals surface area (Å²) in [7, 11) is 1.55. The van der Waals surface area contributed by atoms with Crippen LogP contribution in [-0.4, -0.2) is 23.3 Å². The Labute approximate surface area is 121 Å². The standard InChI is InChI=1S/C15H14O4S/c1-19-12-4-7-14(10(8-12)9-15(17)18)20-13-5-2-11(16)3-6-13/h2-8,16H,9H2,1H3,(H,17,18). The van der Waals surface area contributed by atoms with Gasteiger partial charge in [0.05, 0.1) is 13.5 Å². The van der Waals surface area contributed by atoms with Crippen molar-refractivity contribution < 1.29 is 19.7 Å². The zero-order chi connectivity index (χ0) is 14.5. The highest BCUT2D eigenvalue weighted by molar-refractivity contribution is 7.99. The Balaban J connectivity index is 2.29. The van der Waals surface area contributed by atoms with E-state index in [0.29, 0.717) is 11.3 Å². The summed E-state index contributed by atoms with van der Waals surface area (Å²) in [5, 5.41) is 18.2. The molecular weight excluding hydrogens is 276 g/mol. The van der Waals surface area contributed by atoms with Crippen molar-refractivity contribution >= 4 is 17.7 Å². The van der Waals surface area contributed by atoms with Crippen LogP contribution in [0.3, 0.4) is 0 Å². The molecule has 0 aliphatic carbocycles. The number of carboxylic acid groups (broad SMARTS) is 1. The van der Waals surface area contributed by atoms with Gasteiger partial charge in [0.1, 0.15) is 11.5 Å². The molecule has 0 atom stereocenters. The Morgan fingerprint density at radius 1 is 1.20 bits per heavy atom. The third kappa shape index (κ3) is 3.68. The Morgan fingerprint density at radius 3 is 2.50 bits per heavy atom. The minimum absolute atomic E-state index is 0.0579. The molecule has 2 rings (SSSR count). The van der Waals surface area contributed by atoms with Crippen LogP contribution in [0.1, 0.15) is 5.56 Å². The number of aliphatic carboxylic acids is 1. The predicted octanol–water partition coefficient (Wildman–Crippen LogP) is 3.18. The van der Waals surface area contributed by atoms with Crippen LogP contribution in [0.4, 0.5) is 0 Å². The number of carbonyl (C=O) groups is 1. The van der Waals surface area contributed by atoms with Crippen molar-refractivity contribution in [3.8, 4) is 11.5 Å². The number of rotatable bonds is 5. The molecule has 0 fully saturated rings. The van der Waals surface area contributed by atoms with Gasteiger partial charge in [-0.25, -0.2) is 0 Å². The summed E-state index contributed by atoms with van der Waals surface area (Å²) >= 11 is 1.45. The lowest BCUT2D eigenvalue weighted by atomic mass is 10.1. The number of carboxylic acids is 1. The maximum atomic E-state index is 10.9. The SMILES string of the molecule is COc1ccc(Sc2ccc(O)cc2)c(CC(=O)O)c1. The van der Waals surface area contributed by atoms with E-state index in [1.807, 2.05) is 6.07 Å². The lowest BCUT2D eigenvalue weighted by molar-refractivity contribution is -0.136. The van der Waals surface area contributed by atoms with Crippen molar-refractivity contribution in [1.29, 1.82) is 0 Å². The van der Waals surface area contributed by atoms with Crippen molar-refractivity contribution in [3.63, 3.8) is 0 Å². The average molecular weight is 290 g/mol. The van der Waals surface area contributed by atoms with E-state index in [2.05, 4.69) is 0 Å². The lowest BCUT2D eigenvalue weighted by Crippen LogP contribution is -2.02. The third-order valence-corrected chi connectivity index (χ3v) is 3.80. The van der Waals surface area contributed by atoms with E-state index in [-0.39, 0.29) is 12.2 Å². The number of ether oxygens (including phenoxy) is 1. The van der Waals surface area contributed by atoms with Gasteiger partial charge in [-0.2, -0.15) is 0 Å². The molecule has 0 radical (unpaired) electrons. The van der Waals surface area contributed by atoms with Gasteiger partial charge in [-0.15, -0.1) is 0 Å². The summed E-state index contributed by atoms with van der Waals surface area (Å²) in [5.41, 5.74) is 0.704. The summed E-state index contributed by atoms with van der Waals surface area (Å²) in [5.74, 6) is -0.0445. The normalized spacial score (nSPS) is 10.2. The van der Waals surface area contributed by atoms with Crippen LogP contribution < -0.4 is 4.74 Å². The molecule has 0 saturated heterocycles. The minimum atomic E-state index is -0.884. The molecule has 0 aliphatic heterocycles. The number of methoxy groups -OCH3 is 1. The summed E-state index contributed by atoms with van der Waals surface area (Å²) in [6.45, 7) is 0. The largest absolute Gasteiger partial charge is 0.508 e. The van der Waals surface area contributed by atoms with Crippen molar-refractivity contribution in [2.75, 3.05) is 7.11 Å². The molecule has 2 aromatic rings. The van der Waals surface area contributed by atoms with Crippen LogP contribution in [0.5, 0.6) is 11.5 Å². The minimum Gasteiger partial charge on any atom is -0.508 e.